The molecule has 0 aliphatic rings. The third-order valence-corrected chi connectivity index (χ3v) is 1.92. The fourth-order valence-electron chi connectivity index (χ4n) is 1.19. The molecule has 14 heavy (non-hydrogen) atoms. The Labute approximate surface area is 84.5 Å². The van der Waals surface area contributed by atoms with Gasteiger partial charge in [0.2, 0.25) is 0 Å². The summed E-state index contributed by atoms with van der Waals surface area (Å²) >= 11 is 0. The van der Waals surface area contributed by atoms with E-state index in [0.717, 1.165) is 26.1 Å². The van der Waals surface area contributed by atoms with Crippen molar-refractivity contribution in [3.63, 3.8) is 0 Å². The Bertz CT molecular complexity index is 263. The summed E-state index contributed by atoms with van der Waals surface area (Å²) in [6.45, 7) is 4.75. The average Bonchev–Trinajstić information content (AvgIpc) is 2.20. The maximum Gasteiger partial charge on any atom is 0.146 e. The fourth-order valence-corrected chi connectivity index (χ4v) is 1.19. The van der Waals surface area contributed by atoms with Crippen molar-refractivity contribution in [2.45, 2.75) is 13.3 Å². The Morgan fingerprint density at radius 2 is 1.93 bits per heavy atom. The third kappa shape index (κ3) is 3.75. The Morgan fingerprint density at radius 3 is 2.64 bits per heavy atom. The molecule has 0 saturated carbocycles. The van der Waals surface area contributed by atoms with E-state index in [4.69, 9.17) is 0 Å². The molecule has 0 radical (unpaired) electrons. The zero-order valence-corrected chi connectivity index (χ0v) is 8.52. The van der Waals surface area contributed by atoms with Gasteiger partial charge < -0.3 is 10.6 Å². The lowest BCUT2D eigenvalue weighted by atomic mass is 10.3. The number of hydrogen-bond acceptors (Lipinski definition) is 2. The highest BCUT2D eigenvalue weighted by molar-refractivity contribution is 5.44. The summed E-state index contributed by atoms with van der Waals surface area (Å²) in [4.78, 5) is 0. The summed E-state index contributed by atoms with van der Waals surface area (Å²) in [6, 6.07) is 6.72. The van der Waals surface area contributed by atoms with E-state index in [2.05, 4.69) is 17.6 Å². The van der Waals surface area contributed by atoms with Crippen molar-refractivity contribution in [1.29, 1.82) is 0 Å². The van der Waals surface area contributed by atoms with Crippen molar-refractivity contribution in [2.24, 2.45) is 0 Å². The third-order valence-electron chi connectivity index (χ3n) is 1.92. The van der Waals surface area contributed by atoms with Crippen LogP contribution in [0.4, 0.5) is 10.1 Å². The lowest BCUT2D eigenvalue weighted by Gasteiger charge is -2.07. The fraction of sp³-hybridized carbons (Fsp3) is 0.455. The first kappa shape index (κ1) is 11.0. The van der Waals surface area contributed by atoms with E-state index in [0.29, 0.717) is 5.69 Å². The zero-order chi connectivity index (χ0) is 10.2. The lowest BCUT2D eigenvalue weighted by molar-refractivity contribution is 0.628. The van der Waals surface area contributed by atoms with E-state index < -0.39 is 0 Å². The number of anilines is 1. The minimum absolute atomic E-state index is 0.192. The standard InChI is InChI=1S/C11H17FN2/c1-2-7-13-8-9-14-11-6-4-3-5-10(11)12/h3-6,13-14H,2,7-9H2,1H3. The molecule has 0 amide bonds. The molecule has 0 spiro atoms. The summed E-state index contributed by atoms with van der Waals surface area (Å²) < 4.78 is 13.1. The number of rotatable bonds is 6. The number of halogens is 1. The second kappa shape index (κ2) is 6.38. The van der Waals surface area contributed by atoms with Crippen LogP contribution in [0.3, 0.4) is 0 Å². The molecule has 1 aromatic carbocycles. The molecular weight excluding hydrogens is 179 g/mol. The first-order chi connectivity index (χ1) is 6.84. The summed E-state index contributed by atoms with van der Waals surface area (Å²) in [6.07, 6.45) is 1.12. The molecule has 1 aromatic rings. The average molecular weight is 196 g/mol. The summed E-state index contributed by atoms with van der Waals surface area (Å²) in [5.74, 6) is -0.192. The number of benzene rings is 1. The Hall–Kier alpha value is -1.09. The predicted octanol–water partition coefficient (Wildman–Crippen LogP) is 2.24. The Balaban J connectivity index is 2.21. The normalized spacial score (nSPS) is 10.1. The van der Waals surface area contributed by atoms with Crippen LogP contribution in [0.5, 0.6) is 0 Å². The van der Waals surface area contributed by atoms with Gasteiger partial charge in [0.15, 0.2) is 0 Å². The second-order valence-corrected chi connectivity index (χ2v) is 3.16. The molecule has 2 N–H and O–H groups in total. The van der Waals surface area contributed by atoms with Crippen molar-refractivity contribution < 1.29 is 4.39 Å². The van der Waals surface area contributed by atoms with Crippen LogP contribution in [-0.2, 0) is 0 Å². The second-order valence-electron chi connectivity index (χ2n) is 3.16. The van der Waals surface area contributed by atoms with E-state index >= 15 is 0 Å². The molecular formula is C11H17FN2. The maximum absolute atomic E-state index is 13.1. The van der Waals surface area contributed by atoms with E-state index in [-0.39, 0.29) is 5.82 Å². The number of para-hydroxylation sites is 1. The maximum atomic E-state index is 13.1. The van der Waals surface area contributed by atoms with Crippen molar-refractivity contribution in [3.8, 4) is 0 Å². The van der Waals surface area contributed by atoms with Crippen molar-refractivity contribution in [2.75, 3.05) is 25.0 Å². The molecule has 0 aromatic heterocycles. The van der Waals surface area contributed by atoms with Gasteiger partial charge >= 0.3 is 0 Å². The van der Waals surface area contributed by atoms with Gasteiger partial charge in [0.25, 0.3) is 0 Å². The minimum atomic E-state index is -0.192. The van der Waals surface area contributed by atoms with Gasteiger partial charge in [-0.3, -0.25) is 0 Å². The summed E-state index contributed by atoms with van der Waals surface area (Å²) in [7, 11) is 0. The van der Waals surface area contributed by atoms with Crippen molar-refractivity contribution >= 4 is 5.69 Å². The monoisotopic (exact) mass is 196 g/mol. The number of hydrogen-bond donors (Lipinski definition) is 2. The molecule has 2 nitrogen and oxygen atoms in total. The highest BCUT2D eigenvalue weighted by Gasteiger charge is 1.97. The molecule has 0 fully saturated rings. The first-order valence-corrected chi connectivity index (χ1v) is 5.03. The van der Waals surface area contributed by atoms with Crippen LogP contribution < -0.4 is 10.6 Å². The highest BCUT2D eigenvalue weighted by atomic mass is 19.1. The van der Waals surface area contributed by atoms with Crippen LogP contribution >= 0.6 is 0 Å². The van der Waals surface area contributed by atoms with Gasteiger partial charge in [0, 0.05) is 13.1 Å². The van der Waals surface area contributed by atoms with Gasteiger partial charge in [-0.2, -0.15) is 0 Å². The summed E-state index contributed by atoms with van der Waals surface area (Å²) in [5.41, 5.74) is 0.575. The SMILES string of the molecule is CCCNCCNc1ccccc1F. The van der Waals surface area contributed by atoms with Crippen molar-refractivity contribution in [1.82, 2.24) is 5.32 Å². The molecule has 0 aliphatic heterocycles. The van der Waals surface area contributed by atoms with E-state index in [1.807, 2.05) is 6.07 Å². The molecule has 0 aliphatic carbocycles. The van der Waals surface area contributed by atoms with Gasteiger partial charge in [-0.25, -0.2) is 4.39 Å². The Kier molecular flexibility index (Phi) is 5.00. The highest BCUT2D eigenvalue weighted by Crippen LogP contribution is 2.11. The molecule has 0 heterocycles. The molecule has 78 valence electrons. The molecule has 0 atom stereocenters. The number of nitrogens with one attached hydrogen (secondary N) is 2. The van der Waals surface area contributed by atoms with Crippen LogP contribution in [0.25, 0.3) is 0 Å². The molecule has 0 saturated heterocycles. The molecule has 0 bridgehead atoms. The first-order valence-electron chi connectivity index (χ1n) is 5.03. The zero-order valence-electron chi connectivity index (χ0n) is 8.52. The van der Waals surface area contributed by atoms with Gasteiger partial charge in [-0.15, -0.1) is 0 Å². The topological polar surface area (TPSA) is 24.1 Å². The van der Waals surface area contributed by atoms with Crippen LogP contribution in [0.2, 0.25) is 0 Å². The molecule has 0 unspecified atom stereocenters. The molecule has 3 heteroatoms. The van der Waals surface area contributed by atoms with Crippen LogP contribution in [0.1, 0.15) is 13.3 Å². The van der Waals surface area contributed by atoms with Crippen molar-refractivity contribution in [3.05, 3.63) is 30.1 Å². The van der Waals surface area contributed by atoms with Gasteiger partial charge in [0.1, 0.15) is 5.82 Å². The van der Waals surface area contributed by atoms with E-state index in [1.54, 1.807) is 12.1 Å². The van der Waals surface area contributed by atoms with E-state index in [1.165, 1.54) is 6.07 Å². The predicted molar refractivity (Wildman–Crippen MR) is 58.1 cm³/mol. The van der Waals surface area contributed by atoms with Crippen LogP contribution in [0, 0.1) is 5.82 Å². The van der Waals surface area contributed by atoms with E-state index in [9.17, 15) is 4.39 Å². The molecule has 1 rings (SSSR count). The van der Waals surface area contributed by atoms with Crippen LogP contribution in [-0.4, -0.2) is 19.6 Å². The largest absolute Gasteiger partial charge is 0.381 e. The smallest absolute Gasteiger partial charge is 0.146 e. The minimum Gasteiger partial charge on any atom is -0.381 e. The van der Waals surface area contributed by atoms with Crippen LogP contribution in [0.15, 0.2) is 24.3 Å². The Morgan fingerprint density at radius 1 is 1.14 bits per heavy atom. The summed E-state index contributed by atoms with van der Waals surface area (Å²) in [5, 5.41) is 6.27. The quantitative estimate of drug-likeness (QED) is 0.682. The lowest BCUT2D eigenvalue weighted by Crippen LogP contribution is -2.22. The van der Waals surface area contributed by atoms with Gasteiger partial charge in [0.05, 0.1) is 5.69 Å². The van der Waals surface area contributed by atoms with Gasteiger partial charge in [-0.1, -0.05) is 19.1 Å². The van der Waals surface area contributed by atoms with Gasteiger partial charge in [-0.05, 0) is 25.1 Å².